The van der Waals surface area contributed by atoms with Crippen molar-refractivity contribution in [2.75, 3.05) is 7.11 Å². The Labute approximate surface area is 106 Å². The van der Waals surface area contributed by atoms with Gasteiger partial charge >= 0.3 is 0 Å². The van der Waals surface area contributed by atoms with Crippen LogP contribution in [0.3, 0.4) is 0 Å². The van der Waals surface area contributed by atoms with Gasteiger partial charge in [-0.2, -0.15) is 4.99 Å². The van der Waals surface area contributed by atoms with E-state index in [1.807, 2.05) is 6.92 Å². The Balaban J connectivity index is 2.68. The third-order valence-corrected chi connectivity index (χ3v) is 3.61. The molecule has 1 aliphatic rings. The summed E-state index contributed by atoms with van der Waals surface area (Å²) < 4.78 is 19.2. The number of hydrogen-bond donors (Lipinski definition) is 0. The highest BCUT2D eigenvalue weighted by molar-refractivity contribution is 5.53. The van der Waals surface area contributed by atoms with E-state index in [0.717, 1.165) is 30.4 Å². The van der Waals surface area contributed by atoms with Crippen LogP contribution in [0.5, 0.6) is 5.75 Å². The minimum atomic E-state index is -0.561. The number of aliphatic imine (C=N–C) groups is 1. The van der Waals surface area contributed by atoms with E-state index < -0.39 is 5.54 Å². The Morgan fingerprint density at radius 2 is 2.22 bits per heavy atom. The summed E-state index contributed by atoms with van der Waals surface area (Å²) in [5.41, 5.74) is 1.65. The highest BCUT2D eigenvalue weighted by Gasteiger charge is 2.47. The maximum Gasteiger partial charge on any atom is 0.235 e. The average Bonchev–Trinajstić information content (AvgIpc) is 3.13. The first kappa shape index (κ1) is 12.8. The van der Waals surface area contributed by atoms with Crippen molar-refractivity contribution in [2.45, 2.75) is 38.6 Å². The molecule has 0 aromatic heterocycles. The van der Waals surface area contributed by atoms with E-state index in [4.69, 9.17) is 4.74 Å². The largest absolute Gasteiger partial charge is 0.496 e. The van der Waals surface area contributed by atoms with Crippen molar-refractivity contribution >= 4 is 6.08 Å². The van der Waals surface area contributed by atoms with Gasteiger partial charge in [0.05, 0.1) is 12.6 Å². The van der Waals surface area contributed by atoms with E-state index in [9.17, 15) is 9.18 Å². The second-order valence-corrected chi connectivity index (χ2v) is 4.63. The zero-order valence-electron chi connectivity index (χ0n) is 10.8. The van der Waals surface area contributed by atoms with Gasteiger partial charge in [-0.3, -0.25) is 0 Å². The number of hydrogen-bond acceptors (Lipinski definition) is 3. The molecule has 3 nitrogen and oxygen atoms in total. The van der Waals surface area contributed by atoms with E-state index in [-0.39, 0.29) is 5.82 Å². The topological polar surface area (TPSA) is 38.7 Å². The molecular weight excluding hydrogens is 233 g/mol. The van der Waals surface area contributed by atoms with Crippen LogP contribution < -0.4 is 4.74 Å². The van der Waals surface area contributed by atoms with Crippen molar-refractivity contribution in [1.82, 2.24) is 0 Å². The quantitative estimate of drug-likeness (QED) is 0.607. The summed E-state index contributed by atoms with van der Waals surface area (Å²) in [6.07, 6.45) is 3.85. The second-order valence-electron chi connectivity index (χ2n) is 4.63. The van der Waals surface area contributed by atoms with Crippen LogP contribution in [0, 0.1) is 12.7 Å². The molecule has 0 bridgehead atoms. The molecule has 1 aromatic rings. The summed E-state index contributed by atoms with van der Waals surface area (Å²) in [6.45, 7) is 3.68. The Morgan fingerprint density at radius 1 is 1.56 bits per heavy atom. The van der Waals surface area contributed by atoms with Gasteiger partial charge in [0.1, 0.15) is 11.6 Å². The predicted octanol–water partition coefficient (Wildman–Crippen LogP) is 3.03. The molecule has 0 aliphatic heterocycles. The molecule has 1 aliphatic carbocycles. The SMILES string of the molecule is CCc1c(C2(N=C=O)CC2)cc(F)c(C)c1OC. The first-order valence-corrected chi connectivity index (χ1v) is 6.05. The first-order valence-electron chi connectivity index (χ1n) is 6.05. The average molecular weight is 249 g/mol. The van der Waals surface area contributed by atoms with E-state index >= 15 is 0 Å². The molecule has 1 aromatic carbocycles. The van der Waals surface area contributed by atoms with E-state index in [1.165, 1.54) is 13.2 Å². The number of rotatable bonds is 4. The summed E-state index contributed by atoms with van der Waals surface area (Å²) in [4.78, 5) is 14.4. The van der Waals surface area contributed by atoms with E-state index in [0.29, 0.717) is 11.3 Å². The first-order chi connectivity index (χ1) is 8.59. The van der Waals surface area contributed by atoms with Gasteiger partial charge < -0.3 is 4.74 Å². The van der Waals surface area contributed by atoms with Gasteiger partial charge in [-0.25, -0.2) is 9.18 Å². The lowest BCUT2D eigenvalue weighted by atomic mass is 9.93. The molecule has 0 N–H and O–H groups in total. The van der Waals surface area contributed by atoms with Crippen LogP contribution in [0.15, 0.2) is 11.1 Å². The Hall–Kier alpha value is -1.67. The predicted molar refractivity (Wildman–Crippen MR) is 66.1 cm³/mol. The van der Waals surface area contributed by atoms with Crippen molar-refractivity contribution in [1.29, 1.82) is 0 Å². The standard InChI is InChI=1S/C14H16FNO2/c1-4-10-11(14(5-6-14)16-8-17)7-12(15)9(2)13(10)18-3/h7H,4-6H2,1-3H3. The van der Waals surface area contributed by atoms with E-state index in [1.54, 1.807) is 13.0 Å². The fourth-order valence-corrected chi connectivity index (χ4v) is 2.47. The van der Waals surface area contributed by atoms with Crippen molar-refractivity contribution in [3.05, 3.63) is 28.6 Å². The summed E-state index contributed by atoms with van der Waals surface area (Å²) in [6, 6.07) is 1.49. The third kappa shape index (κ3) is 1.83. The molecule has 18 heavy (non-hydrogen) atoms. The van der Waals surface area contributed by atoms with Gasteiger partial charge in [0.2, 0.25) is 6.08 Å². The normalized spacial score (nSPS) is 16.0. The number of carbonyl (C=O) groups excluding carboxylic acids is 1. The van der Waals surface area contributed by atoms with Gasteiger partial charge in [-0.15, -0.1) is 0 Å². The molecule has 1 saturated carbocycles. The number of methoxy groups -OCH3 is 1. The van der Waals surface area contributed by atoms with Crippen molar-refractivity contribution in [2.24, 2.45) is 4.99 Å². The number of ether oxygens (including phenoxy) is 1. The lowest BCUT2D eigenvalue weighted by Crippen LogP contribution is -2.10. The zero-order valence-corrected chi connectivity index (χ0v) is 10.8. The molecule has 0 unspecified atom stereocenters. The highest BCUT2D eigenvalue weighted by atomic mass is 19.1. The van der Waals surface area contributed by atoms with Crippen molar-refractivity contribution < 1.29 is 13.9 Å². The molecule has 2 rings (SSSR count). The van der Waals surface area contributed by atoms with Crippen LogP contribution in [0.1, 0.15) is 36.5 Å². The number of nitrogens with zero attached hydrogens (tertiary/aromatic N) is 1. The fraction of sp³-hybridized carbons (Fsp3) is 0.500. The Bertz CT molecular complexity index is 529. The molecule has 0 radical (unpaired) electrons. The monoisotopic (exact) mass is 249 g/mol. The molecule has 96 valence electrons. The summed E-state index contributed by atoms with van der Waals surface area (Å²) in [7, 11) is 1.53. The summed E-state index contributed by atoms with van der Waals surface area (Å²) in [5, 5.41) is 0. The summed E-state index contributed by atoms with van der Waals surface area (Å²) >= 11 is 0. The van der Waals surface area contributed by atoms with Crippen LogP contribution in [-0.4, -0.2) is 13.2 Å². The molecule has 0 amide bonds. The van der Waals surface area contributed by atoms with Crippen molar-refractivity contribution in [3.8, 4) is 5.75 Å². The molecule has 0 spiro atoms. The summed E-state index contributed by atoms with van der Waals surface area (Å²) in [5.74, 6) is 0.256. The Morgan fingerprint density at radius 3 is 2.67 bits per heavy atom. The van der Waals surface area contributed by atoms with Crippen LogP contribution in [-0.2, 0) is 16.8 Å². The Kier molecular flexibility index (Phi) is 3.22. The number of halogens is 1. The second kappa shape index (κ2) is 4.54. The van der Waals surface area contributed by atoms with Gasteiger partial charge in [0, 0.05) is 5.56 Å². The third-order valence-electron chi connectivity index (χ3n) is 3.61. The molecule has 1 fully saturated rings. The van der Waals surface area contributed by atoms with E-state index in [2.05, 4.69) is 4.99 Å². The highest BCUT2D eigenvalue weighted by Crippen LogP contribution is 2.52. The maximum absolute atomic E-state index is 13.9. The molecule has 0 atom stereocenters. The van der Waals surface area contributed by atoms with Gasteiger partial charge in [-0.05, 0) is 43.4 Å². The van der Waals surface area contributed by atoms with Gasteiger partial charge in [0.15, 0.2) is 0 Å². The lowest BCUT2D eigenvalue weighted by Gasteiger charge is -2.19. The number of isocyanates is 1. The maximum atomic E-state index is 13.9. The van der Waals surface area contributed by atoms with Gasteiger partial charge in [-0.1, -0.05) is 6.92 Å². The van der Waals surface area contributed by atoms with Crippen molar-refractivity contribution in [3.63, 3.8) is 0 Å². The molecular formula is C14H16FNO2. The number of benzene rings is 1. The molecule has 0 heterocycles. The van der Waals surface area contributed by atoms with Crippen LogP contribution >= 0.6 is 0 Å². The van der Waals surface area contributed by atoms with Crippen LogP contribution in [0.25, 0.3) is 0 Å². The smallest absolute Gasteiger partial charge is 0.235 e. The zero-order chi connectivity index (χ0) is 13.3. The van der Waals surface area contributed by atoms with Crippen LogP contribution in [0.4, 0.5) is 4.39 Å². The molecule has 0 saturated heterocycles. The molecule has 4 heteroatoms. The van der Waals surface area contributed by atoms with Crippen LogP contribution in [0.2, 0.25) is 0 Å². The minimum absolute atomic E-state index is 0.313. The van der Waals surface area contributed by atoms with Gasteiger partial charge in [0.25, 0.3) is 0 Å². The lowest BCUT2D eigenvalue weighted by molar-refractivity contribution is 0.400. The fourth-order valence-electron chi connectivity index (χ4n) is 2.47. The minimum Gasteiger partial charge on any atom is -0.496 e.